The second kappa shape index (κ2) is 9.53. The molecular formula is C25H27N3O3S. The van der Waals surface area contributed by atoms with E-state index in [-0.39, 0.29) is 19.0 Å². The molecule has 0 amide bonds. The third kappa shape index (κ3) is 4.67. The molecule has 2 aromatic carbocycles. The van der Waals surface area contributed by atoms with Crippen molar-refractivity contribution in [2.24, 2.45) is 0 Å². The summed E-state index contributed by atoms with van der Waals surface area (Å²) < 4.78 is 13.2. The fraction of sp³-hybridized carbons (Fsp3) is 0.320. The van der Waals surface area contributed by atoms with Crippen LogP contribution in [0.3, 0.4) is 0 Å². The molecule has 0 saturated heterocycles. The summed E-state index contributed by atoms with van der Waals surface area (Å²) in [5, 5.41) is 0.843. The number of thiazole rings is 1. The second-order valence-electron chi connectivity index (χ2n) is 7.83. The Morgan fingerprint density at radius 1 is 1.16 bits per heavy atom. The van der Waals surface area contributed by atoms with Crippen molar-refractivity contribution in [2.75, 3.05) is 7.11 Å². The number of nitrogens with zero attached hydrogens (tertiary/aromatic N) is 3. The number of ether oxygens (including phenoxy) is 2. The minimum Gasteiger partial charge on any atom is -0.496 e. The van der Waals surface area contributed by atoms with Crippen molar-refractivity contribution < 1.29 is 14.3 Å². The lowest BCUT2D eigenvalue weighted by atomic mass is 10.1. The highest BCUT2D eigenvalue weighted by atomic mass is 32.1. The van der Waals surface area contributed by atoms with Crippen LogP contribution < -0.4 is 4.74 Å². The molecule has 0 saturated carbocycles. The predicted octanol–water partition coefficient (Wildman–Crippen LogP) is 5.48. The molecule has 0 aliphatic rings. The van der Waals surface area contributed by atoms with Crippen LogP contribution in [0.15, 0.2) is 42.7 Å². The van der Waals surface area contributed by atoms with Gasteiger partial charge in [0.05, 0.1) is 42.1 Å². The Morgan fingerprint density at radius 2 is 2.00 bits per heavy atom. The summed E-state index contributed by atoms with van der Waals surface area (Å²) in [5.41, 5.74) is 5.84. The second-order valence-corrected chi connectivity index (χ2v) is 8.91. The summed E-state index contributed by atoms with van der Waals surface area (Å²) in [6, 6.07) is 12.0. The summed E-state index contributed by atoms with van der Waals surface area (Å²) in [4.78, 5) is 22.5. The summed E-state index contributed by atoms with van der Waals surface area (Å²) in [6.45, 7) is 7.26. The number of fused-ring (bicyclic) bond motifs is 1. The fourth-order valence-electron chi connectivity index (χ4n) is 3.65. The number of methoxy groups -OCH3 is 1. The number of rotatable bonds is 8. The van der Waals surface area contributed by atoms with E-state index in [1.165, 1.54) is 11.3 Å². The SMILES string of the molecule is CCCn1cnc2cc(COC(=O)Cc3sc(-c4ccc(C)cc4OC)nc3C)ccc21. The minimum absolute atomic E-state index is 0.199. The van der Waals surface area contributed by atoms with Gasteiger partial charge in [0.1, 0.15) is 17.4 Å². The smallest absolute Gasteiger partial charge is 0.311 e. The lowest BCUT2D eigenvalue weighted by Crippen LogP contribution is -2.08. The van der Waals surface area contributed by atoms with E-state index in [0.29, 0.717) is 0 Å². The predicted molar refractivity (Wildman–Crippen MR) is 127 cm³/mol. The maximum Gasteiger partial charge on any atom is 0.311 e. The molecule has 0 fully saturated rings. The van der Waals surface area contributed by atoms with E-state index in [4.69, 9.17) is 9.47 Å². The van der Waals surface area contributed by atoms with Gasteiger partial charge in [0.2, 0.25) is 0 Å². The Bertz CT molecular complexity index is 1260. The van der Waals surface area contributed by atoms with Gasteiger partial charge in [-0.25, -0.2) is 9.97 Å². The highest BCUT2D eigenvalue weighted by Crippen LogP contribution is 2.35. The first-order valence-electron chi connectivity index (χ1n) is 10.7. The van der Waals surface area contributed by atoms with Gasteiger partial charge in [0.15, 0.2) is 0 Å². The monoisotopic (exact) mass is 449 g/mol. The van der Waals surface area contributed by atoms with Crippen molar-refractivity contribution in [1.29, 1.82) is 0 Å². The van der Waals surface area contributed by atoms with Gasteiger partial charge in [0, 0.05) is 11.4 Å². The van der Waals surface area contributed by atoms with E-state index in [2.05, 4.69) is 21.5 Å². The van der Waals surface area contributed by atoms with Gasteiger partial charge in [-0.1, -0.05) is 19.1 Å². The number of benzene rings is 2. The molecule has 0 radical (unpaired) electrons. The summed E-state index contributed by atoms with van der Waals surface area (Å²) in [6.07, 6.45) is 3.11. The lowest BCUT2D eigenvalue weighted by Gasteiger charge is -2.06. The highest BCUT2D eigenvalue weighted by molar-refractivity contribution is 7.15. The van der Waals surface area contributed by atoms with E-state index in [1.807, 2.05) is 56.6 Å². The van der Waals surface area contributed by atoms with Crippen molar-refractivity contribution in [3.8, 4) is 16.3 Å². The molecule has 2 heterocycles. The average Bonchev–Trinajstić information content (AvgIpc) is 3.35. The molecule has 32 heavy (non-hydrogen) atoms. The van der Waals surface area contributed by atoms with Crippen LogP contribution in [0.2, 0.25) is 0 Å². The molecule has 4 aromatic rings. The summed E-state index contributed by atoms with van der Waals surface area (Å²) in [5.74, 6) is 0.514. The number of hydrogen-bond donors (Lipinski definition) is 0. The van der Waals surface area contributed by atoms with Gasteiger partial charge in [-0.15, -0.1) is 11.3 Å². The molecular weight excluding hydrogens is 422 g/mol. The van der Waals surface area contributed by atoms with Crippen molar-refractivity contribution >= 4 is 28.3 Å². The topological polar surface area (TPSA) is 66.2 Å². The fourth-order valence-corrected chi connectivity index (χ4v) is 4.72. The number of imidazole rings is 1. The normalized spacial score (nSPS) is 11.1. The van der Waals surface area contributed by atoms with Gasteiger partial charge in [-0.3, -0.25) is 4.79 Å². The van der Waals surface area contributed by atoms with Crippen molar-refractivity contribution in [1.82, 2.24) is 14.5 Å². The van der Waals surface area contributed by atoms with Crippen LogP contribution in [0, 0.1) is 13.8 Å². The highest BCUT2D eigenvalue weighted by Gasteiger charge is 2.17. The van der Waals surface area contributed by atoms with Gasteiger partial charge < -0.3 is 14.0 Å². The Morgan fingerprint density at radius 3 is 2.78 bits per heavy atom. The molecule has 166 valence electrons. The van der Waals surface area contributed by atoms with E-state index < -0.39 is 0 Å². The maximum atomic E-state index is 12.5. The molecule has 2 aromatic heterocycles. The number of carbonyl (C=O) groups excluding carboxylic acids is 1. The third-order valence-electron chi connectivity index (χ3n) is 5.33. The number of esters is 1. The summed E-state index contributed by atoms with van der Waals surface area (Å²) in [7, 11) is 1.66. The van der Waals surface area contributed by atoms with Crippen molar-refractivity contribution in [3.63, 3.8) is 0 Å². The molecule has 7 heteroatoms. The van der Waals surface area contributed by atoms with E-state index in [1.54, 1.807) is 7.11 Å². The van der Waals surface area contributed by atoms with Crippen molar-refractivity contribution in [3.05, 3.63) is 64.4 Å². The number of aryl methyl sites for hydroxylation is 3. The van der Waals surface area contributed by atoms with E-state index >= 15 is 0 Å². The summed E-state index contributed by atoms with van der Waals surface area (Å²) >= 11 is 1.50. The first kappa shape index (κ1) is 22.0. The molecule has 0 aliphatic heterocycles. The largest absolute Gasteiger partial charge is 0.496 e. The number of hydrogen-bond acceptors (Lipinski definition) is 6. The van der Waals surface area contributed by atoms with Crippen LogP contribution in [-0.4, -0.2) is 27.6 Å². The van der Waals surface area contributed by atoms with Gasteiger partial charge in [0.25, 0.3) is 0 Å². The molecule has 0 unspecified atom stereocenters. The Labute approximate surface area is 191 Å². The Kier molecular flexibility index (Phi) is 6.55. The van der Waals surface area contributed by atoms with Gasteiger partial charge in [-0.05, 0) is 55.7 Å². The minimum atomic E-state index is -0.268. The molecule has 0 aliphatic carbocycles. The first-order chi connectivity index (χ1) is 15.5. The Balaban J connectivity index is 1.42. The standard InChI is InChI=1S/C25H27N3O3S/c1-5-10-28-15-26-20-12-18(7-9-21(20)28)14-31-24(29)13-23-17(3)27-25(32-23)19-8-6-16(2)11-22(19)30-4/h6-9,11-12,15H,5,10,13-14H2,1-4H3. The van der Waals surface area contributed by atoms with Crippen LogP contribution in [0.1, 0.15) is 35.0 Å². The number of aromatic nitrogens is 3. The van der Waals surface area contributed by atoms with E-state index in [9.17, 15) is 4.79 Å². The molecule has 4 rings (SSSR count). The molecule has 6 nitrogen and oxygen atoms in total. The Hall–Kier alpha value is -3.19. The average molecular weight is 450 g/mol. The van der Waals surface area contributed by atoms with Crippen LogP contribution in [0.4, 0.5) is 0 Å². The molecule has 0 N–H and O–H groups in total. The van der Waals surface area contributed by atoms with Crippen molar-refractivity contribution in [2.45, 2.75) is 46.8 Å². The molecule has 0 spiro atoms. The zero-order chi connectivity index (χ0) is 22.7. The van der Waals surface area contributed by atoms with Crippen LogP contribution >= 0.6 is 11.3 Å². The van der Waals surface area contributed by atoms with E-state index in [0.717, 1.165) is 62.0 Å². The quantitative estimate of drug-likeness (QED) is 0.333. The molecule has 0 bridgehead atoms. The van der Waals surface area contributed by atoms with Crippen LogP contribution in [-0.2, 0) is 29.1 Å². The van der Waals surface area contributed by atoms with Gasteiger partial charge in [-0.2, -0.15) is 0 Å². The maximum absolute atomic E-state index is 12.5. The zero-order valence-corrected chi connectivity index (χ0v) is 19.7. The van der Waals surface area contributed by atoms with Gasteiger partial charge >= 0.3 is 5.97 Å². The first-order valence-corrected chi connectivity index (χ1v) is 11.5. The number of carbonyl (C=O) groups is 1. The molecule has 0 atom stereocenters. The zero-order valence-electron chi connectivity index (χ0n) is 18.8. The third-order valence-corrected chi connectivity index (χ3v) is 6.53. The van der Waals surface area contributed by atoms with Crippen LogP contribution in [0.25, 0.3) is 21.6 Å². The lowest BCUT2D eigenvalue weighted by molar-refractivity contribution is -0.144. The van der Waals surface area contributed by atoms with Crippen LogP contribution in [0.5, 0.6) is 5.75 Å².